The lowest BCUT2D eigenvalue weighted by molar-refractivity contribution is -0.903. The molecule has 2 aliphatic heterocycles. The van der Waals surface area contributed by atoms with Gasteiger partial charge in [-0.2, -0.15) is 4.59 Å². The fourth-order valence-corrected chi connectivity index (χ4v) is 3.01. The van der Waals surface area contributed by atoms with Crippen molar-refractivity contribution < 1.29 is 9.33 Å². The van der Waals surface area contributed by atoms with Crippen LogP contribution in [0.5, 0.6) is 0 Å². The Balaban J connectivity index is 2.21. The van der Waals surface area contributed by atoms with Crippen LogP contribution >= 0.6 is 0 Å². The smallest absolute Gasteiger partial charge is 0.140 e. The Labute approximate surface area is 98.4 Å². The summed E-state index contributed by atoms with van der Waals surface area (Å²) in [7, 11) is 2.25. The molecule has 0 spiro atoms. The summed E-state index contributed by atoms with van der Waals surface area (Å²) in [5.74, 6) is 0. The number of rotatable bonds is 2. The van der Waals surface area contributed by atoms with Crippen molar-refractivity contribution in [3.63, 3.8) is 0 Å². The zero-order valence-corrected chi connectivity index (χ0v) is 10.7. The Morgan fingerprint density at radius 1 is 1.44 bits per heavy atom. The van der Waals surface area contributed by atoms with Gasteiger partial charge in [-0.3, -0.25) is 0 Å². The second-order valence-corrected chi connectivity index (χ2v) is 4.95. The third-order valence-corrected chi connectivity index (χ3v) is 3.96. The van der Waals surface area contributed by atoms with E-state index in [0.717, 1.165) is 30.6 Å². The molecule has 3 nitrogen and oxygen atoms in total. The van der Waals surface area contributed by atoms with Crippen molar-refractivity contribution in [1.29, 1.82) is 0 Å². The van der Waals surface area contributed by atoms with Crippen LogP contribution in [-0.4, -0.2) is 37.1 Å². The van der Waals surface area contributed by atoms with Crippen LogP contribution in [0, 0.1) is 0 Å². The highest BCUT2D eigenvalue weighted by molar-refractivity contribution is 5.79. The largest absolute Gasteiger partial charge is 0.381 e. The van der Waals surface area contributed by atoms with E-state index in [0.29, 0.717) is 6.04 Å². The second-order valence-electron chi connectivity index (χ2n) is 4.95. The van der Waals surface area contributed by atoms with Crippen LogP contribution in [0.15, 0.2) is 16.4 Å². The van der Waals surface area contributed by atoms with Gasteiger partial charge in [-0.1, -0.05) is 12.0 Å². The van der Waals surface area contributed by atoms with Gasteiger partial charge in [0.25, 0.3) is 0 Å². The summed E-state index contributed by atoms with van der Waals surface area (Å²) in [6, 6.07) is 0.603. The van der Waals surface area contributed by atoms with Crippen molar-refractivity contribution in [3.8, 4) is 0 Å². The first-order chi connectivity index (χ1) is 7.68. The molecule has 2 atom stereocenters. The van der Waals surface area contributed by atoms with Crippen LogP contribution in [0.1, 0.15) is 39.5 Å². The molecule has 0 amide bonds. The number of nitrogens with zero attached hydrogens (tertiary/aromatic N) is 2. The molecule has 0 aromatic heterocycles. The van der Waals surface area contributed by atoms with Crippen LogP contribution in [0.2, 0.25) is 0 Å². The lowest BCUT2D eigenvalue weighted by Gasteiger charge is -2.34. The summed E-state index contributed by atoms with van der Waals surface area (Å²) in [6.07, 6.45) is 6.67. The van der Waals surface area contributed by atoms with Gasteiger partial charge in [-0.25, -0.2) is 0 Å². The predicted molar refractivity (Wildman–Crippen MR) is 66.1 cm³/mol. The molecule has 0 aromatic carbocycles. The molecule has 0 bridgehead atoms. The predicted octanol–water partition coefficient (Wildman–Crippen LogP) is 2.69. The van der Waals surface area contributed by atoms with Gasteiger partial charge in [0.2, 0.25) is 0 Å². The summed E-state index contributed by atoms with van der Waals surface area (Å²) >= 11 is 0. The number of ether oxygens (including phenoxy) is 1. The molecule has 0 aromatic rings. The van der Waals surface area contributed by atoms with E-state index in [-0.39, 0.29) is 0 Å². The molecule has 2 heterocycles. The highest BCUT2D eigenvalue weighted by Gasteiger charge is 2.40. The maximum Gasteiger partial charge on any atom is 0.140 e. The van der Waals surface area contributed by atoms with Crippen LogP contribution in [0.3, 0.4) is 0 Å². The number of hydrogen-bond acceptors (Lipinski definition) is 2. The van der Waals surface area contributed by atoms with Crippen molar-refractivity contribution in [2.45, 2.75) is 45.6 Å². The average molecular weight is 223 g/mol. The molecule has 1 fully saturated rings. The summed E-state index contributed by atoms with van der Waals surface area (Å²) in [6.45, 7) is 6.23. The van der Waals surface area contributed by atoms with E-state index in [2.05, 4.69) is 20.9 Å². The van der Waals surface area contributed by atoms with Crippen LogP contribution in [0.4, 0.5) is 0 Å². The van der Waals surface area contributed by atoms with Gasteiger partial charge < -0.3 is 4.74 Å². The van der Waals surface area contributed by atoms with Gasteiger partial charge in [0.05, 0.1) is 19.9 Å². The highest BCUT2D eigenvalue weighted by atomic mass is 16.5. The van der Waals surface area contributed by atoms with Gasteiger partial charge >= 0.3 is 0 Å². The van der Waals surface area contributed by atoms with Crippen molar-refractivity contribution in [1.82, 2.24) is 0 Å². The fourth-order valence-electron chi connectivity index (χ4n) is 3.01. The SMILES string of the molecule is CCC1=C(C)C=N[N+]1(C)C1CCCOCC1. The molecule has 2 rings (SSSR count). The first kappa shape index (κ1) is 11.8. The molecule has 16 heavy (non-hydrogen) atoms. The minimum Gasteiger partial charge on any atom is -0.381 e. The Bertz CT molecular complexity index is 314. The number of hydrogen-bond donors (Lipinski definition) is 0. The van der Waals surface area contributed by atoms with Crippen LogP contribution < -0.4 is 0 Å². The minimum atomic E-state index is 0.603. The molecule has 0 N–H and O–H groups in total. The van der Waals surface area contributed by atoms with Gasteiger partial charge in [-0.15, -0.1) is 0 Å². The molecule has 90 valence electrons. The Hall–Kier alpha value is -0.670. The number of quaternary nitrogens is 1. The minimum absolute atomic E-state index is 0.603. The van der Waals surface area contributed by atoms with Gasteiger partial charge in [0.1, 0.15) is 11.7 Å². The standard InChI is InChI=1S/C13H23N2O/c1-4-13-11(2)10-14-15(13,3)12-6-5-8-16-9-7-12/h10,12H,4-9H2,1-3H3/q+1. The maximum atomic E-state index is 5.55. The fraction of sp³-hybridized carbons (Fsp3) is 0.769. The van der Waals surface area contributed by atoms with Gasteiger partial charge in [-0.05, 0) is 13.3 Å². The zero-order valence-electron chi connectivity index (χ0n) is 10.7. The van der Waals surface area contributed by atoms with E-state index in [1.54, 1.807) is 0 Å². The average Bonchev–Trinajstić information content (AvgIpc) is 2.51. The molecule has 2 aliphatic rings. The summed E-state index contributed by atoms with van der Waals surface area (Å²) in [5, 5.41) is 4.75. The van der Waals surface area contributed by atoms with Crippen molar-refractivity contribution in [2.24, 2.45) is 5.10 Å². The Kier molecular flexibility index (Phi) is 3.45. The third-order valence-electron chi connectivity index (χ3n) is 3.96. The lowest BCUT2D eigenvalue weighted by Crippen LogP contribution is -2.45. The topological polar surface area (TPSA) is 21.6 Å². The molecule has 0 radical (unpaired) electrons. The molecule has 0 aliphatic carbocycles. The molecule has 1 saturated heterocycles. The molecule has 3 heteroatoms. The van der Waals surface area contributed by atoms with E-state index in [1.807, 2.05) is 6.21 Å². The first-order valence-electron chi connectivity index (χ1n) is 6.38. The van der Waals surface area contributed by atoms with E-state index in [1.165, 1.54) is 24.1 Å². The monoisotopic (exact) mass is 223 g/mol. The Morgan fingerprint density at radius 3 is 3.00 bits per heavy atom. The van der Waals surface area contributed by atoms with E-state index < -0.39 is 0 Å². The molecule has 2 unspecified atom stereocenters. The van der Waals surface area contributed by atoms with Crippen molar-refractivity contribution in [3.05, 3.63) is 11.3 Å². The molecular formula is C13H23N2O+. The summed E-state index contributed by atoms with van der Waals surface area (Å²) in [5.41, 5.74) is 2.84. The lowest BCUT2D eigenvalue weighted by atomic mass is 10.0. The molecule has 0 saturated carbocycles. The quantitative estimate of drug-likeness (QED) is 0.660. The van der Waals surface area contributed by atoms with Crippen molar-refractivity contribution >= 4 is 6.21 Å². The van der Waals surface area contributed by atoms with E-state index >= 15 is 0 Å². The second kappa shape index (κ2) is 4.68. The normalized spacial score (nSPS) is 35.6. The summed E-state index contributed by atoms with van der Waals surface area (Å²) in [4.78, 5) is 0. The Morgan fingerprint density at radius 2 is 2.25 bits per heavy atom. The molecular weight excluding hydrogens is 200 g/mol. The van der Waals surface area contributed by atoms with E-state index in [4.69, 9.17) is 9.84 Å². The van der Waals surface area contributed by atoms with Crippen LogP contribution in [0.25, 0.3) is 0 Å². The van der Waals surface area contributed by atoms with Gasteiger partial charge in [0.15, 0.2) is 0 Å². The first-order valence-corrected chi connectivity index (χ1v) is 6.38. The number of allylic oxidation sites excluding steroid dienone is 2. The van der Waals surface area contributed by atoms with E-state index in [9.17, 15) is 0 Å². The maximum absolute atomic E-state index is 5.55. The van der Waals surface area contributed by atoms with Crippen LogP contribution in [-0.2, 0) is 4.74 Å². The zero-order chi connectivity index (χ0) is 11.6. The van der Waals surface area contributed by atoms with Gasteiger partial charge in [0, 0.05) is 31.4 Å². The summed E-state index contributed by atoms with van der Waals surface area (Å²) < 4.78 is 6.33. The van der Waals surface area contributed by atoms with Crippen molar-refractivity contribution in [2.75, 3.05) is 20.3 Å². The third kappa shape index (κ3) is 1.94. The highest BCUT2D eigenvalue weighted by Crippen LogP contribution is 2.34.